The largest absolute Gasteiger partial charge is 0.352 e. The summed E-state index contributed by atoms with van der Waals surface area (Å²) < 4.78 is 0. The normalized spacial score (nSPS) is 10.7. The molecule has 9 heteroatoms. The van der Waals surface area contributed by atoms with Crippen LogP contribution in [0.1, 0.15) is 41.0 Å². The Morgan fingerprint density at radius 2 is 1.73 bits per heavy atom. The summed E-state index contributed by atoms with van der Waals surface area (Å²) in [5, 5.41) is 7.69. The molecule has 2 heterocycles. The van der Waals surface area contributed by atoms with Crippen LogP contribution in [0.2, 0.25) is 0 Å². The lowest BCUT2D eigenvalue weighted by molar-refractivity contribution is -0.120. The number of amides is 3. The highest BCUT2D eigenvalue weighted by molar-refractivity contribution is 7.13. The fraction of sp³-hybridized carbons (Fsp3) is 0.292. The van der Waals surface area contributed by atoms with Crippen LogP contribution in [0.5, 0.6) is 0 Å². The Labute approximate surface area is 197 Å². The second-order valence-corrected chi connectivity index (χ2v) is 8.75. The SMILES string of the molecule is Cc1ccc(C(=O)N(CC(=O)Nc2nc(CC(=O)NCc3ccncc3)cs2)C(C)C)cc1. The molecule has 8 nitrogen and oxygen atoms in total. The van der Waals surface area contributed by atoms with Gasteiger partial charge in [0.25, 0.3) is 5.91 Å². The maximum Gasteiger partial charge on any atom is 0.254 e. The maximum atomic E-state index is 12.9. The molecular weight excluding hydrogens is 438 g/mol. The molecule has 1 aromatic carbocycles. The van der Waals surface area contributed by atoms with Gasteiger partial charge in [0.05, 0.1) is 12.1 Å². The number of thiazole rings is 1. The van der Waals surface area contributed by atoms with E-state index in [1.165, 1.54) is 16.2 Å². The van der Waals surface area contributed by atoms with Crippen molar-refractivity contribution < 1.29 is 14.4 Å². The third-order valence-electron chi connectivity index (χ3n) is 4.88. The number of rotatable bonds is 9. The Morgan fingerprint density at radius 3 is 2.39 bits per heavy atom. The van der Waals surface area contributed by atoms with Gasteiger partial charge in [0, 0.05) is 35.9 Å². The zero-order valence-corrected chi connectivity index (χ0v) is 19.7. The third-order valence-corrected chi connectivity index (χ3v) is 5.68. The summed E-state index contributed by atoms with van der Waals surface area (Å²) in [6.07, 6.45) is 3.46. The molecule has 3 amide bonds. The van der Waals surface area contributed by atoms with Crippen molar-refractivity contribution in [3.8, 4) is 0 Å². The summed E-state index contributed by atoms with van der Waals surface area (Å²) in [5.74, 6) is -0.706. The van der Waals surface area contributed by atoms with E-state index in [4.69, 9.17) is 0 Å². The van der Waals surface area contributed by atoms with Crippen LogP contribution < -0.4 is 10.6 Å². The number of aryl methyl sites for hydroxylation is 1. The molecule has 0 aliphatic carbocycles. The fourth-order valence-corrected chi connectivity index (χ4v) is 3.76. The van der Waals surface area contributed by atoms with Gasteiger partial charge in [-0.25, -0.2) is 4.98 Å². The van der Waals surface area contributed by atoms with Gasteiger partial charge in [0.15, 0.2) is 5.13 Å². The van der Waals surface area contributed by atoms with Gasteiger partial charge in [0.2, 0.25) is 11.8 Å². The molecule has 0 radical (unpaired) electrons. The first-order chi connectivity index (χ1) is 15.8. The molecular formula is C24H27N5O3S. The molecule has 2 aromatic heterocycles. The van der Waals surface area contributed by atoms with Gasteiger partial charge < -0.3 is 15.5 Å². The molecule has 0 unspecified atom stereocenters. The van der Waals surface area contributed by atoms with Crippen LogP contribution in [0.4, 0.5) is 5.13 Å². The van der Waals surface area contributed by atoms with E-state index in [0.717, 1.165) is 11.1 Å². The maximum absolute atomic E-state index is 12.9. The number of carbonyl (C=O) groups is 3. The first-order valence-corrected chi connectivity index (χ1v) is 11.5. The zero-order chi connectivity index (χ0) is 23.8. The number of benzene rings is 1. The molecule has 33 heavy (non-hydrogen) atoms. The highest BCUT2D eigenvalue weighted by Gasteiger charge is 2.22. The Balaban J connectivity index is 1.52. The van der Waals surface area contributed by atoms with E-state index in [9.17, 15) is 14.4 Å². The van der Waals surface area contributed by atoms with E-state index in [1.807, 2.05) is 45.0 Å². The zero-order valence-electron chi connectivity index (χ0n) is 18.9. The molecule has 2 N–H and O–H groups in total. The summed E-state index contributed by atoms with van der Waals surface area (Å²) >= 11 is 1.24. The van der Waals surface area contributed by atoms with Gasteiger partial charge in [-0.05, 0) is 50.6 Å². The number of nitrogens with one attached hydrogen (secondary N) is 2. The monoisotopic (exact) mass is 465 g/mol. The average Bonchev–Trinajstić information content (AvgIpc) is 3.23. The second kappa shape index (κ2) is 11.3. The van der Waals surface area contributed by atoms with Crippen molar-refractivity contribution in [2.24, 2.45) is 0 Å². The highest BCUT2D eigenvalue weighted by atomic mass is 32.1. The third kappa shape index (κ3) is 7.21. The molecule has 0 atom stereocenters. The highest BCUT2D eigenvalue weighted by Crippen LogP contribution is 2.17. The predicted octanol–water partition coefficient (Wildman–Crippen LogP) is 3.19. The van der Waals surface area contributed by atoms with Crippen molar-refractivity contribution in [1.29, 1.82) is 0 Å². The molecule has 0 aliphatic heterocycles. The lowest BCUT2D eigenvalue weighted by Gasteiger charge is -2.26. The Bertz CT molecular complexity index is 1100. The molecule has 0 bridgehead atoms. The molecule has 0 saturated carbocycles. The van der Waals surface area contributed by atoms with Crippen molar-refractivity contribution in [2.45, 2.75) is 39.8 Å². The van der Waals surface area contributed by atoms with Crippen molar-refractivity contribution in [3.05, 3.63) is 76.6 Å². The van der Waals surface area contributed by atoms with Crippen LogP contribution in [-0.4, -0.2) is 45.2 Å². The number of hydrogen-bond acceptors (Lipinski definition) is 6. The van der Waals surface area contributed by atoms with Crippen molar-refractivity contribution in [1.82, 2.24) is 20.2 Å². The smallest absolute Gasteiger partial charge is 0.254 e. The second-order valence-electron chi connectivity index (χ2n) is 7.89. The Hall–Kier alpha value is -3.59. The summed E-state index contributed by atoms with van der Waals surface area (Å²) in [7, 11) is 0. The standard InChI is InChI=1S/C24H27N5O3S/c1-16(2)29(23(32)19-6-4-17(3)5-7-19)14-22(31)28-24-27-20(15-33-24)12-21(30)26-13-18-8-10-25-11-9-18/h4-11,15-16H,12-14H2,1-3H3,(H,26,30)(H,27,28,31). The minimum absolute atomic E-state index is 0.0916. The van der Waals surface area contributed by atoms with E-state index in [1.54, 1.807) is 29.9 Å². The number of carbonyl (C=O) groups excluding carboxylic acids is 3. The minimum atomic E-state index is -0.341. The molecule has 0 spiro atoms. The van der Waals surface area contributed by atoms with Crippen LogP contribution in [0, 0.1) is 6.92 Å². The minimum Gasteiger partial charge on any atom is -0.352 e. The lowest BCUT2D eigenvalue weighted by Crippen LogP contribution is -2.42. The molecule has 3 aromatic rings. The van der Waals surface area contributed by atoms with Gasteiger partial charge in [-0.2, -0.15) is 0 Å². The van der Waals surface area contributed by atoms with Gasteiger partial charge in [-0.3, -0.25) is 19.4 Å². The summed E-state index contributed by atoms with van der Waals surface area (Å²) in [6.45, 7) is 6.01. The van der Waals surface area contributed by atoms with E-state index in [0.29, 0.717) is 22.9 Å². The molecule has 172 valence electrons. The molecule has 3 rings (SSSR count). The number of aromatic nitrogens is 2. The van der Waals surface area contributed by atoms with E-state index < -0.39 is 0 Å². The van der Waals surface area contributed by atoms with Gasteiger partial charge in [-0.1, -0.05) is 17.7 Å². The lowest BCUT2D eigenvalue weighted by atomic mass is 10.1. The predicted molar refractivity (Wildman–Crippen MR) is 128 cm³/mol. The first kappa shape index (κ1) is 24.1. The Kier molecular flexibility index (Phi) is 8.26. The molecule has 0 fully saturated rings. The Morgan fingerprint density at radius 1 is 1.03 bits per heavy atom. The first-order valence-electron chi connectivity index (χ1n) is 10.6. The van der Waals surface area contributed by atoms with Crippen LogP contribution in [0.15, 0.2) is 54.2 Å². The summed E-state index contributed by atoms with van der Waals surface area (Å²) in [5.41, 5.74) is 3.13. The van der Waals surface area contributed by atoms with Gasteiger partial charge in [0.1, 0.15) is 6.54 Å². The number of anilines is 1. The number of pyridine rings is 1. The molecule has 0 saturated heterocycles. The van der Waals surface area contributed by atoms with Crippen LogP contribution in [0.25, 0.3) is 0 Å². The fourth-order valence-electron chi connectivity index (χ4n) is 3.04. The van der Waals surface area contributed by atoms with Crippen LogP contribution in [-0.2, 0) is 22.6 Å². The summed E-state index contributed by atoms with van der Waals surface area (Å²) in [6, 6.07) is 10.8. The van der Waals surface area contributed by atoms with Gasteiger partial charge in [-0.15, -0.1) is 11.3 Å². The number of hydrogen-bond donors (Lipinski definition) is 2. The molecule has 0 aliphatic rings. The van der Waals surface area contributed by atoms with Crippen LogP contribution >= 0.6 is 11.3 Å². The van der Waals surface area contributed by atoms with Crippen molar-refractivity contribution >= 4 is 34.2 Å². The van der Waals surface area contributed by atoms with Crippen LogP contribution in [0.3, 0.4) is 0 Å². The summed E-state index contributed by atoms with van der Waals surface area (Å²) in [4.78, 5) is 47.4. The van der Waals surface area contributed by atoms with Gasteiger partial charge >= 0.3 is 0 Å². The van der Waals surface area contributed by atoms with Crippen molar-refractivity contribution in [3.63, 3.8) is 0 Å². The average molecular weight is 466 g/mol. The number of nitrogens with zero attached hydrogens (tertiary/aromatic N) is 3. The topological polar surface area (TPSA) is 104 Å². The van der Waals surface area contributed by atoms with E-state index in [2.05, 4.69) is 20.6 Å². The van der Waals surface area contributed by atoms with Crippen molar-refractivity contribution in [2.75, 3.05) is 11.9 Å². The van der Waals surface area contributed by atoms with E-state index in [-0.39, 0.29) is 36.7 Å². The quantitative estimate of drug-likeness (QED) is 0.505. The van der Waals surface area contributed by atoms with E-state index >= 15 is 0 Å².